The monoisotopic (exact) mass is 348 g/mol. The lowest BCUT2D eigenvalue weighted by atomic mass is 9.79. The maximum Gasteiger partial charge on any atom is 0.223 e. The molecule has 2 heterocycles. The lowest BCUT2D eigenvalue weighted by Crippen LogP contribution is -2.53. The second-order valence-corrected chi connectivity index (χ2v) is 6.97. The van der Waals surface area contributed by atoms with Crippen LogP contribution in [0.1, 0.15) is 37.7 Å². The smallest absolute Gasteiger partial charge is 0.223 e. The Kier molecular flexibility index (Phi) is 6.04. The van der Waals surface area contributed by atoms with Gasteiger partial charge in [0.2, 0.25) is 5.91 Å². The number of hydrogen-bond acceptors (Lipinski definition) is 5. The molecule has 138 valence electrons. The average Bonchev–Trinajstić information content (AvgIpc) is 3.04. The summed E-state index contributed by atoms with van der Waals surface area (Å²) >= 11 is 0. The van der Waals surface area contributed by atoms with Gasteiger partial charge < -0.3 is 19.5 Å². The van der Waals surface area contributed by atoms with Crippen LogP contribution >= 0.6 is 0 Å². The van der Waals surface area contributed by atoms with Crippen LogP contribution in [-0.4, -0.2) is 65.5 Å². The minimum atomic E-state index is -0.233. The first kappa shape index (κ1) is 18.3. The first-order chi connectivity index (χ1) is 12.2. The number of aliphatic hydroxyl groups is 1. The van der Waals surface area contributed by atoms with E-state index in [1.54, 1.807) is 13.3 Å². The zero-order valence-electron chi connectivity index (χ0n) is 14.9. The SMILES string of the molecule is CO[C@@]12CC[C@H](OCCO)C[C@@H]1N(C(=O)CCc1cccnc1)CC2. The maximum absolute atomic E-state index is 12.8. The highest BCUT2D eigenvalue weighted by Gasteiger charge is 2.52. The summed E-state index contributed by atoms with van der Waals surface area (Å²) in [6, 6.07) is 3.97. The molecule has 1 saturated carbocycles. The summed E-state index contributed by atoms with van der Waals surface area (Å²) in [6.07, 6.45) is 8.34. The quantitative estimate of drug-likeness (QED) is 0.810. The molecule has 1 saturated heterocycles. The third-order valence-corrected chi connectivity index (χ3v) is 5.66. The predicted molar refractivity (Wildman–Crippen MR) is 93.1 cm³/mol. The largest absolute Gasteiger partial charge is 0.394 e. The van der Waals surface area contributed by atoms with Crippen molar-refractivity contribution < 1.29 is 19.4 Å². The van der Waals surface area contributed by atoms with Crippen LogP contribution in [0.2, 0.25) is 0 Å². The van der Waals surface area contributed by atoms with Crippen LogP contribution in [0.15, 0.2) is 24.5 Å². The number of nitrogens with zero attached hydrogens (tertiary/aromatic N) is 2. The fraction of sp³-hybridized carbons (Fsp3) is 0.684. The summed E-state index contributed by atoms with van der Waals surface area (Å²) < 4.78 is 11.6. The number of carbonyl (C=O) groups is 1. The van der Waals surface area contributed by atoms with Crippen molar-refractivity contribution in [2.45, 2.75) is 56.3 Å². The van der Waals surface area contributed by atoms with Gasteiger partial charge in [0.1, 0.15) is 0 Å². The van der Waals surface area contributed by atoms with Crippen LogP contribution in [0.4, 0.5) is 0 Å². The molecule has 0 radical (unpaired) electrons. The van der Waals surface area contributed by atoms with E-state index in [4.69, 9.17) is 14.6 Å². The van der Waals surface area contributed by atoms with Crippen molar-refractivity contribution in [3.8, 4) is 0 Å². The summed E-state index contributed by atoms with van der Waals surface area (Å²) in [4.78, 5) is 18.9. The van der Waals surface area contributed by atoms with E-state index in [1.165, 1.54) is 0 Å². The molecular formula is C19H28N2O4. The molecule has 1 aliphatic heterocycles. The minimum absolute atomic E-state index is 0.0321. The van der Waals surface area contributed by atoms with E-state index in [1.807, 2.05) is 23.2 Å². The number of hydrogen-bond donors (Lipinski definition) is 1. The second kappa shape index (κ2) is 8.25. The molecular weight excluding hydrogens is 320 g/mol. The Morgan fingerprint density at radius 2 is 2.36 bits per heavy atom. The van der Waals surface area contributed by atoms with Gasteiger partial charge in [-0.3, -0.25) is 9.78 Å². The van der Waals surface area contributed by atoms with Crippen LogP contribution in [0.5, 0.6) is 0 Å². The molecule has 6 nitrogen and oxygen atoms in total. The molecule has 3 atom stereocenters. The van der Waals surface area contributed by atoms with Gasteiger partial charge in [-0.2, -0.15) is 0 Å². The standard InChI is InChI=1S/C19H28N2O4/c1-24-19-7-6-16(25-12-11-22)13-17(19)21(10-8-19)18(23)5-4-15-3-2-9-20-14-15/h2-3,9,14,16-17,22H,4-8,10-13H2,1H3/t16-,17-,19+/m0/s1. The number of rotatable bonds is 7. The first-order valence-corrected chi connectivity index (χ1v) is 9.14. The fourth-order valence-electron chi connectivity index (χ4n) is 4.27. The van der Waals surface area contributed by atoms with Gasteiger partial charge in [0.15, 0.2) is 0 Å². The van der Waals surface area contributed by atoms with E-state index in [0.717, 1.165) is 37.8 Å². The van der Waals surface area contributed by atoms with Gasteiger partial charge in [-0.1, -0.05) is 6.07 Å². The van der Waals surface area contributed by atoms with E-state index in [9.17, 15) is 4.79 Å². The summed E-state index contributed by atoms with van der Waals surface area (Å²) in [5.41, 5.74) is 0.851. The van der Waals surface area contributed by atoms with Crippen molar-refractivity contribution in [1.82, 2.24) is 9.88 Å². The fourth-order valence-corrected chi connectivity index (χ4v) is 4.27. The molecule has 0 bridgehead atoms. The summed E-state index contributed by atoms with van der Waals surface area (Å²) in [5, 5.41) is 8.98. The number of ether oxygens (including phenoxy) is 2. The van der Waals surface area contributed by atoms with Gasteiger partial charge in [-0.05, 0) is 43.7 Å². The van der Waals surface area contributed by atoms with Crippen LogP contribution in [0.25, 0.3) is 0 Å². The molecule has 2 aliphatic rings. The Bertz CT molecular complexity index is 568. The van der Waals surface area contributed by atoms with Gasteiger partial charge >= 0.3 is 0 Å². The van der Waals surface area contributed by atoms with Gasteiger partial charge in [-0.25, -0.2) is 0 Å². The van der Waals surface area contributed by atoms with Gasteiger partial charge in [-0.15, -0.1) is 0 Å². The van der Waals surface area contributed by atoms with Crippen molar-refractivity contribution in [3.63, 3.8) is 0 Å². The molecule has 25 heavy (non-hydrogen) atoms. The van der Waals surface area contributed by atoms with Gasteiger partial charge in [0.05, 0.1) is 31.0 Å². The van der Waals surface area contributed by atoms with Crippen molar-refractivity contribution in [3.05, 3.63) is 30.1 Å². The van der Waals surface area contributed by atoms with E-state index in [2.05, 4.69) is 4.98 Å². The summed E-state index contributed by atoms with van der Waals surface area (Å²) in [6.45, 7) is 1.13. The molecule has 2 fully saturated rings. The van der Waals surface area contributed by atoms with Crippen molar-refractivity contribution >= 4 is 5.91 Å². The molecule has 1 amide bonds. The highest BCUT2D eigenvalue weighted by Crippen LogP contribution is 2.43. The molecule has 1 N–H and O–H groups in total. The number of methoxy groups -OCH3 is 1. The van der Waals surface area contributed by atoms with E-state index < -0.39 is 0 Å². The highest BCUT2D eigenvalue weighted by atomic mass is 16.5. The van der Waals surface area contributed by atoms with Crippen molar-refractivity contribution in [1.29, 1.82) is 0 Å². The zero-order chi connectivity index (χ0) is 17.7. The first-order valence-electron chi connectivity index (χ1n) is 9.14. The lowest BCUT2D eigenvalue weighted by molar-refractivity contribution is -0.142. The maximum atomic E-state index is 12.8. The Morgan fingerprint density at radius 1 is 1.48 bits per heavy atom. The van der Waals surface area contributed by atoms with Gasteiger partial charge in [0, 0.05) is 32.5 Å². The second-order valence-electron chi connectivity index (χ2n) is 6.97. The summed E-state index contributed by atoms with van der Waals surface area (Å²) in [7, 11) is 1.76. The molecule has 3 rings (SSSR count). The number of fused-ring (bicyclic) bond motifs is 1. The number of carbonyl (C=O) groups excluding carboxylic acids is 1. The van der Waals surface area contributed by atoms with Crippen LogP contribution in [-0.2, 0) is 20.7 Å². The molecule has 1 aromatic rings. The average molecular weight is 348 g/mol. The molecule has 1 aromatic heterocycles. The highest BCUT2D eigenvalue weighted by molar-refractivity contribution is 5.77. The molecule has 0 unspecified atom stereocenters. The Labute approximate surface area is 149 Å². The molecule has 6 heteroatoms. The third kappa shape index (κ3) is 4.02. The Morgan fingerprint density at radius 3 is 3.08 bits per heavy atom. The van der Waals surface area contributed by atoms with E-state index in [0.29, 0.717) is 19.4 Å². The van der Waals surface area contributed by atoms with Crippen molar-refractivity contribution in [2.24, 2.45) is 0 Å². The molecule has 1 aliphatic carbocycles. The third-order valence-electron chi connectivity index (χ3n) is 5.66. The normalized spacial score (nSPS) is 28.8. The Hall–Kier alpha value is -1.50. The topological polar surface area (TPSA) is 71.9 Å². The lowest BCUT2D eigenvalue weighted by Gasteiger charge is -2.43. The summed E-state index contributed by atoms with van der Waals surface area (Å²) in [5.74, 6) is 0.176. The number of amides is 1. The number of likely N-dealkylation sites (tertiary alicyclic amines) is 1. The van der Waals surface area contributed by atoms with Gasteiger partial charge in [0.25, 0.3) is 0 Å². The van der Waals surface area contributed by atoms with Crippen LogP contribution < -0.4 is 0 Å². The molecule has 0 spiro atoms. The van der Waals surface area contributed by atoms with Crippen LogP contribution in [0.3, 0.4) is 0 Å². The number of pyridine rings is 1. The minimum Gasteiger partial charge on any atom is -0.394 e. The van der Waals surface area contributed by atoms with Crippen LogP contribution in [0, 0.1) is 0 Å². The number of aryl methyl sites for hydroxylation is 1. The predicted octanol–water partition coefficient (Wildman–Crippen LogP) is 1.56. The Balaban J connectivity index is 1.63. The molecule has 0 aromatic carbocycles. The number of aromatic nitrogens is 1. The van der Waals surface area contributed by atoms with Crippen molar-refractivity contribution in [2.75, 3.05) is 26.9 Å². The number of aliphatic hydroxyl groups excluding tert-OH is 1. The van der Waals surface area contributed by atoms with E-state index in [-0.39, 0.29) is 30.3 Å². The van der Waals surface area contributed by atoms with E-state index >= 15 is 0 Å². The zero-order valence-corrected chi connectivity index (χ0v) is 14.9.